The van der Waals surface area contributed by atoms with Gasteiger partial charge in [0, 0.05) is 12.5 Å². The third kappa shape index (κ3) is 3.50. The number of ether oxygens (including phenoxy) is 3. The largest absolute Gasteiger partial charge is 0.493 e. The Morgan fingerprint density at radius 1 is 1.03 bits per heavy atom. The summed E-state index contributed by atoms with van der Waals surface area (Å²) in [6, 6.07) is 17.1. The molecule has 35 heavy (non-hydrogen) atoms. The molecule has 1 aromatic heterocycles. The maximum atomic E-state index is 13.1. The van der Waals surface area contributed by atoms with Crippen LogP contribution in [0, 0.1) is 11.3 Å². The highest BCUT2D eigenvalue weighted by Gasteiger charge is 2.30. The molecule has 0 spiro atoms. The normalized spacial score (nSPS) is 13.6. The van der Waals surface area contributed by atoms with Crippen LogP contribution in [0.25, 0.3) is 22.0 Å². The van der Waals surface area contributed by atoms with E-state index in [-0.39, 0.29) is 17.4 Å². The summed E-state index contributed by atoms with van der Waals surface area (Å²) in [5, 5.41) is 10.4. The maximum Gasteiger partial charge on any atom is 0.339 e. The van der Waals surface area contributed by atoms with Gasteiger partial charge in [-0.2, -0.15) is 18.2 Å². The second-order valence-corrected chi connectivity index (χ2v) is 9.78. The molecule has 0 N–H and O–H groups in total. The fourth-order valence-corrected chi connectivity index (χ4v) is 5.45. The van der Waals surface area contributed by atoms with Crippen LogP contribution in [0.3, 0.4) is 0 Å². The Bertz CT molecular complexity index is 1660. The minimum atomic E-state index is -4.17. The second kappa shape index (κ2) is 7.89. The number of nitrogens with zero attached hydrogens (tertiary/aromatic N) is 2. The van der Waals surface area contributed by atoms with Crippen molar-refractivity contribution in [1.29, 1.82) is 5.26 Å². The summed E-state index contributed by atoms with van der Waals surface area (Å²) in [6.45, 7) is 0.918. The molecule has 0 saturated heterocycles. The second-order valence-electron chi connectivity index (χ2n) is 8.24. The van der Waals surface area contributed by atoms with Crippen molar-refractivity contribution >= 4 is 20.9 Å². The number of hydrogen-bond acceptors (Lipinski definition) is 7. The van der Waals surface area contributed by atoms with Crippen molar-refractivity contribution in [3.63, 3.8) is 0 Å². The number of nitriles is 1. The van der Waals surface area contributed by atoms with E-state index < -0.39 is 10.1 Å². The van der Waals surface area contributed by atoms with E-state index in [4.69, 9.17) is 23.7 Å². The monoisotopic (exact) mass is 487 g/mol. The molecule has 0 saturated carbocycles. The molecule has 0 atom stereocenters. The van der Waals surface area contributed by atoms with Gasteiger partial charge in [0.05, 0.1) is 29.7 Å². The number of hydrogen-bond donors (Lipinski definition) is 0. The first-order chi connectivity index (χ1) is 17.0. The number of aromatic nitrogens is 1. The number of fused-ring (bicyclic) bond motifs is 5. The lowest BCUT2D eigenvalue weighted by molar-refractivity contribution is -0.686. The Labute approximate surface area is 201 Å². The Kier molecular flexibility index (Phi) is 4.79. The number of aryl methyl sites for hydroxylation is 2. The lowest BCUT2D eigenvalue weighted by Gasteiger charge is -2.18. The summed E-state index contributed by atoms with van der Waals surface area (Å²) in [4.78, 5) is -0.0498. The van der Waals surface area contributed by atoms with Crippen LogP contribution in [0.15, 0.2) is 65.7 Å². The van der Waals surface area contributed by atoms with Crippen LogP contribution < -0.4 is 23.0 Å². The summed E-state index contributed by atoms with van der Waals surface area (Å²) in [6.07, 6.45) is 2.68. The molecular weight excluding hydrogens is 468 g/mol. The molecule has 6 rings (SSSR count). The first-order valence-corrected chi connectivity index (χ1v) is 12.3. The Hall–Kier alpha value is -4.29. The van der Waals surface area contributed by atoms with Crippen molar-refractivity contribution in [3.05, 3.63) is 71.9 Å². The van der Waals surface area contributed by atoms with Gasteiger partial charge >= 0.3 is 10.1 Å². The molecule has 3 heterocycles. The number of benzene rings is 3. The van der Waals surface area contributed by atoms with Crippen LogP contribution in [0.5, 0.6) is 23.0 Å². The zero-order valence-electron chi connectivity index (χ0n) is 18.6. The summed E-state index contributed by atoms with van der Waals surface area (Å²) >= 11 is 0. The highest BCUT2D eigenvalue weighted by atomic mass is 32.2. The van der Waals surface area contributed by atoms with E-state index >= 15 is 0 Å². The quantitative estimate of drug-likeness (QED) is 0.320. The molecule has 2 aliphatic rings. The van der Waals surface area contributed by atoms with E-state index in [1.165, 1.54) is 36.9 Å². The van der Waals surface area contributed by atoms with Gasteiger partial charge in [-0.3, -0.25) is 0 Å². The Balaban J connectivity index is 1.48. The summed E-state index contributed by atoms with van der Waals surface area (Å²) in [5.74, 6) is 1.88. The van der Waals surface area contributed by atoms with E-state index in [0.717, 1.165) is 28.8 Å². The van der Waals surface area contributed by atoms with Crippen LogP contribution in [-0.2, 0) is 23.1 Å². The third-order valence-corrected chi connectivity index (χ3v) is 7.50. The van der Waals surface area contributed by atoms with Crippen molar-refractivity contribution in [2.24, 2.45) is 0 Å². The molecule has 174 valence electrons. The summed E-state index contributed by atoms with van der Waals surface area (Å²) < 4.78 is 50.4. The minimum Gasteiger partial charge on any atom is -0.493 e. The summed E-state index contributed by atoms with van der Waals surface area (Å²) in [5.41, 5.74) is 3.56. The minimum absolute atomic E-state index is 0.0498. The SMILES string of the molecule is COc1ccc2cc3[n+](cc2c1OS(=O)(=O)c1ccc(C#N)cc1)CCc1cc2c(cc1-3)OCO2. The molecule has 0 aliphatic carbocycles. The van der Waals surface area contributed by atoms with E-state index in [1.54, 1.807) is 6.07 Å². The molecule has 4 aromatic rings. The first kappa shape index (κ1) is 21.3. The predicted molar refractivity (Wildman–Crippen MR) is 125 cm³/mol. The van der Waals surface area contributed by atoms with E-state index in [1.807, 2.05) is 36.5 Å². The van der Waals surface area contributed by atoms with Gasteiger partial charge in [-0.15, -0.1) is 0 Å². The van der Waals surface area contributed by atoms with Crippen molar-refractivity contribution in [2.75, 3.05) is 13.9 Å². The average molecular weight is 488 g/mol. The molecule has 0 fully saturated rings. The lowest BCUT2D eigenvalue weighted by atomic mass is 9.95. The van der Waals surface area contributed by atoms with Gasteiger partial charge in [0.15, 0.2) is 35.7 Å². The Morgan fingerprint density at radius 3 is 2.54 bits per heavy atom. The molecule has 0 radical (unpaired) electrons. The van der Waals surface area contributed by atoms with Gasteiger partial charge in [-0.25, -0.2) is 0 Å². The van der Waals surface area contributed by atoms with Crippen LogP contribution in [0.2, 0.25) is 0 Å². The fraction of sp³-hybridized carbons (Fsp3) is 0.154. The first-order valence-electron chi connectivity index (χ1n) is 10.9. The van der Waals surface area contributed by atoms with E-state index in [9.17, 15) is 8.42 Å². The van der Waals surface area contributed by atoms with Gasteiger partial charge in [0.2, 0.25) is 12.5 Å². The third-order valence-electron chi connectivity index (χ3n) is 6.26. The van der Waals surface area contributed by atoms with Gasteiger partial charge in [0.1, 0.15) is 4.90 Å². The molecule has 8 nitrogen and oxygen atoms in total. The lowest BCUT2D eigenvalue weighted by Crippen LogP contribution is -2.40. The van der Waals surface area contributed by atoms with Crippen LogP contribution in [0.4, 0.5) is 0 Å². The molecular formula is C26H19N2O6S+. The highest BCUT2D eigenvalue weighted by Crippen LogP contribution is 2.42. The average Bonchev–Trinajstić information content (AvgIpc) is 3.34. The number of methoxy groups -OCH3 is 1. The maximum absolute atomic E-state index is 13.1. The van der Waals surface area contributed by atoms with E-state index in [2.05, 4.69) is 4.57 Å². The van der Waals surface area contributed by atoms with E-state index in [0.29, 0.717) is 29.0 Å². The van der Waals surface area contributed by atoms with Crippen LogP contribution in [0.1, 0.15) is 11.1 Å². The van der Waals surface area contributed by atoms with Crippen molar-refractivity contribution in [3.8, 4) is 40.3 Å². The zero-order valence-corrected chi connectivity index (χ0v) is 19.5. The van der Waals surface area contributed by atoms with Gasteiger partial charge in [-0.05, 0) is 59.5 Å². The van der Waals surface area contributed by atoms with Gasteiger partial charge < -0.3 is 18.4 Å². The molecule has 9 heteroatoms. The van der Waals surface area contributed by atoms with Crippen LogP contribution in [-0.4, -0.2) is 22.3 Å². The highest BCUT2D eigenvalue weighted by molar-refractivity contribution is 7.87. The molecule has 0 bridgehead atoms. The molecule has 0 unspecified atom stereocenters. The van der Waals surface area contributed by atoms with Gasteiger partial charge in [0.25, 0.3) is 0 Å². The molecule has 2 aliphatic heterocycles. The number of pyridine rings is 1. The van der Waals surface area contributed by atoms with Crippen molar-refractivity contribution in [1.82, 2.24) is 0 Å². The smallest absolute Gasteiger partial charge is 0.339 e. The van der Waals surface area contributed by atoms with Gasteiger partial charge in [-0.1, -0.05) is 0 Å². The standard InChI is InChI=1S/C26H19N2O6S/c1-31-23-7-4-17-10-22-20-12-25-24(32-15-33-25)11-18(20)8-9-28(22)14-21(17)26(23)34-35(29,30)19-5-2-16(13-27)3-6-19/h2-7,10-12,14H,8-9,15H2,1H3/q+1. The molecule has 3 aromatic carbocycles. The predicted octanol–water partition coefficient (Wildman–Crippen LogP) is 3.73. The molecule has 0 amide bonds. The zero-order chi connectivity index (χ0) is 24.2. The fourth-order valence-electron chi connectivity index (χ4n) is 4.50. The van der Waals surface area contributed by atoms with Crippen molar-refractivity contribution < 1.29 is 31.4 Å². The van der Waals surface area contributed by atoms with Crippen LogP contribution >= 0.6 is 0 Å². The topological polar surface area (TPSA) is 98.7 Å². The number of rotatable bonds is 4. The van der Waals surface area contributed by atoms with Crippen molar-refractivity contribution in [2.45, 2.75) is 17.9 Å². The Morgan fingerprint density at radius 2 is 1.80 bits per heavy atom. The summed E-state index contributed by atoms with van der Waals surface area (Å²) in [7, 11) is -2.70.